The predicted molar refractivity (Wildman–Crippen MR) is 70.4 cm³/mol. The first-order valence-electron chi connectivity index (χ1n) is 6.50. The fourth-order valence-corrected chi connectivity index (χ4v) is 2.26. The number of rotatable bonds is 5. The fraction of sp³-hybridized carbons (Fsp3) is 0.615. The van der Waals surface area contributed by atoms with Gasteiger partial charge in [0.25, 0.3) is 0 Å². The molecule has 1 atom stereocenters. The van der Waals surface area contributed by atoms with Crippen LogP contribution >= 0.6 is 0 Å². The lowest BCUT2D eigenvalue weighted by molar-refractivity contribution is -0.137. The average molecular weight is 265 g/mol. The van der Waals surface area contributed by atoms with Crippen LogP contribution in [0.15, 0.2) is 12.4 Å². The summed E-state index contributed by atoms with van der Waals surface area (Å²) < 4.78 is 5.53. The highest BCUT2D eigenvalue weighted by molar-refractivity contribution is 5.67. The van der Waals surface area contributed by atoms with Crippen LogP contribution in [0.5, 0.6) is 5.88 Å². The summed E-state index contributed by atoms with van der Waals surface area (Å²) in [4.78, 5) is 21.1. The molecule has 1 aromatic heterocycles. The van der Waals surface area contributed by atoms with E-state index in [2.05, 4.69) is 14.9 Å². The van der Waals surface area contributed by atoms with Crippen LogP contribution in [-0.2, 0) is 4.79 Å². The summed E-state index contributed by atoms with van der Waals surface area (Å²) in [7, 11) is 0. The van der Waals surface area contributed by atoms with Crippen LogP contribution < -0.4 is 9.64 Å². The zero-order chi connectivity index (χ0) is 13.8. The van der Waals surface area contributed by atoms with Crippen molar-refractivity contribution in [1.29, 1.82) is 0 Å². The molecular formula is C13H19N3O3. The van der Waals surface area contributed by atoms with Gasteiger partial charge in [0.05, 0.1) is 6.10 Å². The second kappa shape index (κ2) is 5.86. The Hall–Kier alpha value is -1.85. The summed E-state index contributed by atoms with van der Waals surface area (Å²) in [6, 6.07) is 1.81. The molecule has 1 aromatic rings. The van der Waals surface area contributed by atoms with E-state index in [4.69, 9.17) is 9.84 Å². The Morgan fingerprint density at radius 1 is 1.58 bits per heavy atom. The highest BCUT2D eigenvalue weighted by Crippen LogP contribution is 2.25. The third kappa shape index (κ3) is 3.81. The maximum atomic E-state index is 10.7. The van der Waals surface area contributed by atoms with E-state index in [1.807, 2.05) is 19.9 Å². The molecular weight excluding hydrogens is 246 g/mol. The monoisotopic (exact) mass is 265 g/mol. The van der Waals surface area contributed by atoms with Crippen molar-refractivity contribution in [3.05, 3.63) is 12.4 Å². The zero-order valence-electron chi connectivity index (χ0n) is 11.2. The Balaban J connectivity index is 2.00. The van der Waals surface area contributed by atoms with Crippen molar-refractivity contribution in [3.8, 4) is 5.88 Å². The van der Waals surface area contributed by atoms with E-state index in [9.17, 15) is 4.79 Å². The highest BCUT2D eigenvalue weighted by atomic mass is 16.5. The second-order valence-corrected chi connectivity index (χ2v) is 5.08. The highest BCUT2D eigenvalue weighted by Gasteiger charge is 2.25. The number of aliphatic carboxylic acids is 1. The molecule has 0 amide bonds. The minimum atomic E-state index is -0.738. The van der Waals surface area contributed by atoms with Crippen molar-refractivity contribution < 1.29 is 14.6 Å². The molecule has 0 saturated carbocycles. The Morgan fingerprint density at radius 3 is 3.05 bits per heavy atom. The largest absolute Gasteiger partial charge is 0.481 e. The van der Waals surface area contributed by atoms with Crippen LogP contribution in [-0.4, -0.2) is 40.2 Å². The smallest absolute Gasteiger partial charge is 0.303 e. The van der Waals surface area contributed by atoms with Crippen LogP contribution in [0.1, 0.15) is 26.7 Å². The summed E-state index contributed by atoms with van der Waals surface area (Å²) in [5, 5.41) is 8.81. The third-order valence-corrected chi connectivity index (χ3v) is 3.06. The normalized spacial score (nSPS) is 18.9. The van der Waals surface area contributed by atoms with E-state index in [1.54, 1.807) is 0 Å². The summed E-state index contributed by atoms with van der Waals surface area (Å²) >= 11 is 0. The first-order chi connectivity index (χ1) is 9.04. The lowest BCUT2D eigenvalue weighted by Gasteiger charge is -2.18. The van der Waals surface area contributed by atoms with E-state index >= 15 is 0 Å². The molecule has 1 aliphatic rings. The Morgan fingerprint density at radius 2 is 2.37 bits per heavy atom. The first-order valence-corrected chi connectivity index (χ1v) is 6.50. The SMILES string of the molecule is CC(C)Oc1cc(N2CCC(CC(=O)O)C2)ncn1. The van der Waals surface area contributed by atoms with Crippen molar-refractivity contribution >= 4 is 11.8 Å². The molecule has 0 aliphatic carbocycles. The Kier molecular flexibility index (Phi) is 4.19. The molecule has 19 heavy (non-hydrogen) atoms. The molecule has 0 spiro atoms. The average Bonchev–Trinajstić information content (AvgIpc) is 2.76. The van der Waals surface area contributed by atoms with Crippen LogP contribution in [0.4, 0.5) is 5.82 Å². The van der Waals surface area contributed by atoms with Gasteiger partial charge in [-0.3, -0.25) is 4.79 Å². The van der Waals surface area contributed by atoms with Gasteiger partial charge < -0.3 is 14.7 Å². The van der Waals surface area contributed by atoms with Crippen molar-refractivity contribution in [2.75, 3.05) is 18.0 Å². The minimum Gasteiger partial charge on any atom is -0.481 e. The van der Waals surface area contributed by atoms with Gasteiger partial charge in [0.2, 0.25) is 5.88 Å². The Bertz CT molecular complexity index is 451. The molecule has 6 nitrogen and oxygen atoms in total. The Labute approximate surface area is 112 Å². The van der Waals surface area contributed by atoms with Gasteiger partial charge >= 0.3 is 5.97 Å². The second-order valence-electron chi connectivity index (χ2n) is 5.08. The first kappa shape index (κ1) is 13.6. The topological polar surface area (TPSA) is 75.5 Å². The van der Waals surface area contributed by atoms with Crippen LogP contribution in [0, 0.1) is 5.92 Å². The molecule has 0 radical (unpaired) electrons. The van der Waals surface area contributed by atoms with Gasteiger partial charge in [-0.25, -0.2) is 9.97 Å². The molecule has 0 bridgehead atoms. The number of carboxylic acid groups (broad SMARTS) is 1. The number of ether oxygens (including phenoxy) is 1. The molecule has 1 N–H and O–H groups in total. The van der Waals surface area contributed by atoms with E-state index in [-0.39, 0.29) is 18.4 Å². The van der Waals surface area contributed by atoms with Gasteiger partial charge in [0, 0.05) is 25.6 Å². The van der Waals surface area contributed by atoms with E-state index < -0.39 is 5.97 Å². The molecule has 0 aromatic carbocycles. The van der Waals surface area contributed by atoms with Gasteiger partial charge in [0.1, 0.15) is 12.1 Å². The van der Waals surface area contributed by atoms with Crippen molar-refractivity contribution in [1.82, 2.24) is 9.97 Å². The number of hydrogen-bond donors (Lipinski definition) is 1. The van der Waals surface area contributed by atoms with Crippen LogP contribution in [0.3, 0.4) is 0 Å². The van der Waals surface area contributed by atoms with E-state index in [0.29, 0.717) is 5.88 Å². The third-order valence-electron chi connectivity index (χ3n) is 3.06. The van der Waals surface area contributed by atoms with Gasteiger partial charge in [-0.2, -0.15) is 0 Å². The summed E-state index contributed by atoms with van der Waals surface area (Å²) in [6.45, 7) is 5.45. The number of aromatic nitrogens is 2. The summed E-state index contributed by atoms with van der Waals surface area (Å²) in [5.74, 6) is 0.820. The molecule has 1 aliphatic heterocycles. The number of carbonyl (C=O) groups is 1. The number of carboxylic acids is 1. The lowest BCUT2D eigenvalue weighted by atomic mass is 10.1. The van der Waals surface area contributed by atoms with E-state index in [0.717, 1.165) is 25.3 Å². The van der Waals surface area contributed by atoms with Crippen molar-refractivity contribution in [2.45, 2.75) is 32.8 Å². The number of anilines is 1. The van der Waals surface area contributed by atoms with Gasteiger partial charge in [0.15, 0.2) is 0 Å². The van der Waals surface area contributed by atoms with E-state index in [1.165, 1.54) is 6.33 Å². The molecule has 6 heteroatoms. The van der Waals surface area contributed by atoms with Gasteiger partial charge in [-0.15, -0.1) is 0 Å². The predicted octanol–water partition coefficient (Wildman–Crippen LogP) is 1.56. The maximum Gasteiger partial charge on any atom is 0.303 e. The molecule has 1 fully saturated rings. The molecule has 1 saturated heterocycles. The number of nitrogens with zero attached hydrogens (tertiary/aromatic N) is 3. The van der Waals surface area contributed by atoms with Gasteiger partial charge in [-0.05, 0) is 26.2 Å². The molecule has 104 valence electrons. The van der Waals surface area contributed by atoms with Crippen molar-refractivity contribution in [3.63, 3.8) is 0 Å². The maximum absolute atomic E-state index is 10.7. The quantitative estimate of drug-likeness (QED) is 0.870. The summed E-state index contributed by atoms with van der Waals surface area (Å²) in [6.07, 6.45) is 2.66. The standard InChI is InChI=1S/C13H19N3O3/c1-9(2)19-12-6-11(14-8-15-12)16-4-3-10(7-16)5-13(17)18/h6,8-10H,3-5,7H2,1-2H3,(H,17,18). The minimum absolute atomic E-state index is 0.0705. The van der Waals surface area contributed by atoms with Crippen molar-refractivity contribution in [2.24, 2.45) is 5.92 Å². The zero-order valence-corrected chi connectivity index (χ0v) is 11.2. The van der Waals surface area contributed by atoms with Gasteiger partial charge in [-0.1, -0.05) is 0 Å². The molecule has 1 unspecified atom stereocenters. The fourth-order valence-electron chi connectivity index (χ4n) is 2.26. The van der Waals surface area contributed by atoms with Crippen LogP contribution in [0.2, 0.25) is 0 Å². The lowest BCUT2D eigenvalue weighted by Crippen LogP contribution is -2.22. The molecule has 2 heterocycles. The van der Waals surface area contributed by atoms with Crippen LogP contribution in [0.25, 0.3) is 0 Å². The summed E-state index contributed by atoms with van der Waals surface area (Å²) in [5.41, 5.74) is 0. The number of hydrogen-bond acceptors (Lipinski definition) is 5. The molecule has 2 rings (SSSR count).